The summed E-state index contributed by atoms with van der Waals surface area (Å²) in [6.07, 6.45) is -12.9. The summed E-state index contributed by atoms with van der Waals surface area (Å²) < 4.78 is 79.4. The summed E-state index contributed by atoms with van der Waals surface area (Å²) in [6, 6.07) is 1.55. The van der Waals surface area contributed by atoms with Crippen molar-refractivity contribution in [1.29, 1.82) is 0 Å². The fourth-order valence-corrected chi connectivity index (χ4v) is 3.91. The fourth-order valence-electron chi connectivity index (χ4n) is 3.91. The van der Waals surface area contributed by atoms with E-state index in [0.717, 1.165) is 4.90 Å². The van der Waals surface area contributed by atoms with Crippen molar-refractivity contribution in [1.82, 2.24) is 19.8 Å². The molecule has 2 fully saturated rings. The highest BCUT2D eigenvalue weighted by Crippen LogP contribution is 2.40. The highest BCUT2D eigenvalue weighted by molar-refractivity contribution is 5.91. The van der Waals surface area contributed by atoms with Gasteiger partial charge >= 0.3 is 18.4 Å². The zero-order chi connectivity index (χ0) is 22.2. The van der Waals surface area contributed by atoms with Gasteiger partial charge in [-0.05, 0) is 31.7 Å². The molecule has 3 rings (SSSR count). The first kappa shape index (κ1) is 22.1. The van der Waals surface area contributed by atoms with Gasteiger partial charge in [0, 0.05) is 37.6 Å². The molecule has 2 amide bonds. The van der Waals surface area contributed by atoms with Crippen LogP contribution < -0.4 is 0 Å². The van der Waals surface area contributed by atoms with Crippen molar-refractivity contribution in [2.75, 3.05) is 19.6 Å². The van der Waals surface area contributed by atoms with Crippen LogP contribution in [0.3, 0.4) is 0 Å². The van der Waals surface area contributed by atoms with Crippen LogP contribution in [0.25, 0.3) is 0 Å². The lowest BCUT2D eigenvalue weighted by Gasteiger charge is -2.44. The summed E-state index contributed by atoms with van der Waals surface area (Å²) in [5, 5.41) is 0. The van der Waals surface area contributed by atoms with Gasteiger partial charge in [-0.3, -0.25) is 4.79 Å². The first-order valence-electron chi connectivity index (χ1n) is 9.12. The molecule has 0 aromatic carbocycles. The van der Waals surface area contributed by atoms with E-state index in [4.69, 9.17) is 0 Å². The van der Waals surface area contributed by atoms with Crippen LogP contribution in [0.15, 0.2) is 18.5 Å². The molecule has 13 heteroatoms. The lowest BCUT2D eigenvalue weighted by molar-refractivity contribution is -0.308. The van der Waals surface area contributed by atoms with Gasteiger partial charge in [0.1, 0.15) is 0 Å². The Labute approximate surface area is 167 Å². The molecule has 0 bridgehead atoms. The van der Waals surface area contributed by atoms with Crippen LogP contribution in [0.1, 0.15) is 36.3 Å². The zero-order valence-corrected chi connectivity index (χ0v) is 15.5. The lowest BCUT2D eigenvalue weighted by Crippen LogP contribution is -2.56. The Balaban J connectivity index is 1.66. The molecule has 2 aliphatic rings. The van der Waals surface area contributed by atoms with Crippen LogP contribution in [-0.2, 0) is 4.74 Å². The second kappa shape index (κ2) is 7.91. The summed E-state index contributed by atoms with van der Waals surface area (Å²) in [4.78, 5) is 34.9. The molecule has 0 radical (unpaired) electrons. The van der Waals surface area contributed by atoms with Gasteiger partial charge < -0.3 is 14.5 Å². The third kappa shape index (κ3) is 4.43. The summed E-state index contributed by atoms with van der Waals surface area (Å²) >= 11 is 0. The summed E-state index contributed by atoms with van der Waals surface area (Å²) in [7, 11) is 0. The monoisotopic (exact) mass is 440 g/mol. The predicted molar refractivity (Wildman–Crippen MR) is 88.2 cm³/mol. The topological polar surface area (TPSA) is 75.6 Å². The highest BCUT2D eigenvalue weighted by Gasteiger charge is 2.60. The van der Waals surface area contributed by atoms with Crippen molar-refractivity contribution in [3.05, 3.63) is 24.3 Å². The molecule has 2 saturated heterocycles. The van der Waals surface area contributed by atoms with Gasteiger partial charge in [0.15, 0.2) is 0 Å². The van der Waals surface area contributed by atoms with E-state index < -0.39 is 36.0 Å². The molecule has 1 aromatic rings. The largest absolute Gasteiger partial charge is 0.434 e. The number of rotatable bonds is 2. The smallest absolute Gasteiger partial charge is 0.426 e. The Bertz CT molecular complexity index is 764. The summed E-state index contributed by atoms with van der Waals surface area (Å²) in [6.45, 7) is 0.146. The Morgan fingerprint density at radius 2 is 1.53 bits per heavy atom. The van der Waals surface area contributed by atoms with E-state index in [1.165, 1.54) is 12.4 Å². The highest BCUT2D eigenvalue weighted by atomic mass is 19.4. The lowest BCUT2D eigenvalue weighted by atomic mass is 9.85. The van der Waals surface area contributed by atoms with E-state index in [9.17, 15) is 35.9 Å². The van der Waals surface area contributed by atoms with Gasteiger partial charge in [-0.25, -0.2) is 14.8 Å². The van der Waals surface area contributed by atoms with Crippen LogP contribution in [-0.4, -0.2) is 75.4 Å². The number of aromatic nitrogens is 2. The number of hydrogen-bond acceptors (Lipinski definition) is 5. The maximum atomic E-state index is 12.7. The van der Waals surface area contributed by atoms with Crippen molar-refractivity contribution in [3.8, 4) is 0 Å². The molecule has 166 valence electrons. The SMILES string of the molecule is O=C(OC(C(F)(F)F)C(F)(F)F)N1CCC2(CCCN2C(=O)c2ncccn2)CC1. The number of hydrogen-bond donors (Lipinski definition) is 0. The van der Waals surface area contributed by atoms with Crippen molar-refractivity contribution in [2.24, 2.45) is 0 Å². The molecule has 0 saturated carbocycles. The average Bonchev–Trinajstić information content (AvgIpc) is 3.07. The molecule has 0 unspecified atom stereocenters. The number of likely N-dealkylation sites (tertiary alicyclic amines) is 2. The normalized spacial score (nSPS) is 19.4. The van der Waals surface area contributed by atoms with Gasteiger partial charge in [-0.2, -0.15) is 26.3 Å². The Kier molecular flexibility index (Phi) is 5.83. The Hall–Kier alpha value is -2.60. The summed E-state index contributed by atoms with van der Waals surface area (Å²) in [5.41, 5.74) is -0.652. The standard InChI is InChI=1S/C17H18F6N4O3/c18-16(19,20)13(17(21,22)23)30-14(29)26-9-4-15(5-10-26)3-1-8-27(15)12(28)11-24-6-2-7-25-11/h2,6-7,13H,1,3-5,8-10H2. The van der Waals surface area contributed by atoms with Crippen LogP contribution >= 0.6 is 0 Å². The molecule has 0 aliphatic carbocycles. The van der Waals surface area contributed by atoms with Crippen molar-refractivity contribution in [3.63, 3.8) is 0 Å². The maximum absolute atomic E-state index is 12.7. The number of amides is 2. The number of carbonyl (C=O) groups excluding carboxylic acids is 2. The molecule has 3 heterocycles. The minimum Gasteiger partial charge on any atom is -0.426 e. The molecule has 7 nitrogen and oxygen atoms in total. The Morgan fingerprint density at radius 1 is 0.967 bits per heavy atom. The van der Waals surface area contributed by atoms with Gasteiger partial charge in [-0.15, -0.1) is 0 Å². The second-order valence-electron chi connectivity index (χ2n) is 7.19. The van der Waals surface area contributed by atoms with Crippen molar-refractivity contribution in [2.45, 2.75) is 49.7 Å². The predicted octanol–water partition coefficient (Wildman–Crippen LogP) is 3.18. The average molecular weight is 440 g/mol. The molecule has 1 spiro atoms. The van der Waals surface area contributed by atoms with Crippen LogP contribution in [0.4, 0.5) is 31.1 Å². The fraction of sp³-hybridized carbons (Fsp3) is 0.647. The minimum absolute atomic E-state index is 0.00110. The van der Waals surface area contributed by atoms with Crippen molar-refractivity contribution < 1.29 is 40.7 Å². The number of halogens is 6. The van der Waals surface area contributed by atoms with Crippen LogP contribution in [0, 0.1) is 0 Å². The number of carbonyl (C=O) groups is 2. The van der Waals surface area contributed by atoms with E-state index in [1.807, 2.05) is 0 Å². The van der Waals surface area contributed by atoms with E-state index in [1.54, 1.807) is 11.0 Å². The minimum atomic E-state index is -5.77. The molecule has 1 aromatic heterocycles. The van der Waals surface area contributed by atoms with Gasteiger partial charge in [0.05, 0.1) is 0 Å². The number of alkyl halides is 6. The van der Waals surface area contributed by atoms with E-state index >= 15 is 0 Å². The molecule has 30 heavy (non-hydrogen) atoms. The number of ether oxygens (including phenoxy) is 1. The first-order valence-corrected chi connectivity index (χ1v) is 9.12. The second-order valence-corrected chi connectivity index (χ2v) is 7.19. The third-order valence-electron chi connectivity index (χ3n) is 5.36. The van der Waals surface area contributed by atoms with Gasteiger partial charge in [-0.1, -0.05) is 0 Å². The van der Waals surface area contributed by atoms with E-state index in [0.29, 0.717) is 19.4 Å². The molecular weight excluding hydrogens is 422 g/mol. The maximum Gasteiger partial charge on any atom is 0.434 e. The zero-order valence-electron chi connectivity index (χ0n) is 15.5. The van der Waals surface area contributed by atoms with E-state index in [2.05, 4.69) is 14.7 Å². The quantitative estimate of drug-likeness (QED) is 0.661. The first-order chi connectivity index (χ1) is 13.9. The summed E-state index contributed by atoms with van der Waals surface area (Å²) in [5.74, 6) is -0.405. The Morgan fingerprint density at radius 3 is 2.07 bits per heavy atom. The number of piperidine rings is 1. The molecule has 0 N–H and O–H groups in total. The van der Waals surface area contributed by atoms with Gasteiger partial charge in [0.25, 0.3) is 12.0 Å². The third-order valence-corrected chi connectivity index (χ3v) is 5.36. The molecule has 0 atom stereocenters. The number of nitrogens with zero attached hydrogens (tertiary/aromatic N) is 4. The van der Waals surface area contributed by atoms with Crippen LogP contribution in [0.5, 0.6) is 0 Å². The van der Waals surface area contributed by atoms with E-state index in [-0.39, 0.29) is 31.8 Å². The van der Waals surface area contributed by atoms with Crippen molar-refractivity contribution >= 4 is 12.0 Å². The molecular formula is C17H18F6N4O3. The molecule has 2 aliphatic heterocycles. The van der Waals surface area contributed by atoms with Crippen LogP contribution in [0.2, 0.25) is 0 Å². The van der Waals surface area contributed by atoms with Gasteiger partial charge in [0.2, 0.25) is 5.82 Å².